The van der Waals surface area contributed by atoms with Crippen LogP contribution in [-0.2, 0) is 7.05 Å². The van der Waals surface area contributed by atoms with Crippen molar-refractivity contribution < 1.29 is 4.74 Å². The van der Waals surface area contributed by atoms with Gasteiger partial charge in [0.2, 0.25) is 0 Å². The molecule has 2 N–H and O–H groups in total. The molecule has 0 unspecified atom stereocenters. The number of anilines is 1. The van der Waals surface area contributed by atoms with Crippen molar-refractivity contribution in [2.75, 3.05) is 12.8 Å². The highest BCUT2D eigenvalue weighted by Crippen LogP contribution is 2.42. The second-order valence-electron chi connectivity index (χ2n) is 5.21. The van der Waals surface area contributed by atoms with Crippen molar-refractivity contribution in [3.63, 3.8) is 0 Å². The Bertz CT molecular complexity index is 628. The van der Waals surface area contributed by atoms with E-state index < -0.39 is 0 Å². The molecular weight excluding hydrogens is 318 g/mol. The normalized spacial score (nSPS) is 11.2. The van der Waals surface area contributed by atoms with E-state index in [1.165, 1.54) is 0 Å². The first kappa shape index (κ1) is 14.9. The highest BCUT2D eigenvalue weighted by molar-refractivity contribution is 9.10. The van der Waals surface area contributed by atoms with Crippen LogP contribution in [-0.4, -0.2) is 16.9 Å². The molecule has 0 spiro atoms. The van der Waals surface area contributed by atoms with Gasteiger partial charge in [0.25, 0.3) is 0 Å². The van der Waals surface area contributed by atoms with Crippen LogP contribution in [0.2, 0.25) is 0 Å². The molecule has 0 radical (unpaired) electrons. The minimum atomic E-state index is 0.363. The maximum Gasteiger partial charge on any atom is 0.132 e. The Morgan fingerprint density at radius 3 is 2.45 bits per heavy atom. The molecule has 0 fully saturated rings. The van der Waals surface area contributed by atoms with Gasteiger partial charge in [-0.15, -0.1) is 0 Å². The third-order valence-electron chi connectivity index (χ3n) is 3.50. The van der Waals surface area contributed by atoms with E-state index in [0.717, 1.165) is 32.6 Å². The number of aryl methyl sites for hydroxylation is 1. The van der Waals surface area contributed by atoms with Gasteiger partial charge in [-0.05, 0) is 30.0 Å². The van der Waals surface area contributed by atoms with Gasteiger partial charge in [0.05, 0.1) is 12.8 Å². The number of nitrogen functional groups attached to an aromatic ring is 1. The lowest BCUT2D eigenvalue weighted by atomic mass is 9.94. The summed E-state index contributed by atoms with van der Waals surface area (Å²) < 4.78 is 8.39. The van der Waals surface area contributed by atoms with E-state index >= 15 is 0 Å². The predicted molar refractivity (Wildman–Crippen MR) is 86.1 cm³/mol. The topological polar surface area (TPSA) is 53.1 Å². The maximum atomic E-state index is 5.90. The molecule has 5 heteroatoms. The summed E-state index contributed by atoms with van der Waals surface area (Å²) in [5, 5.41) is 4.48. The summed E-state index contributed by atoms with van der Waals surface area (Å²) in [5.41, 5.74) is 10.00. The van der Waals surface area contributed by atoms with Crippen molar-refractivity contribution in [2.24, 2.45) is 7.05 Å². The van der Waals surface area contributed by atoms with E-state index in [-0.39, 0.29) is 0 Å². The Morgan fingerprint density at radius 1 is 1.35 bits per heavy atom. The Hall–Kier alpha value is -1.49. The van der Waals surface area contributed by atoms with Crippen LogP contribution in [0.4, 0.5) is 5.82 Å². The molecule has 0 atom stereocenters. The van der Waals surface area contributed by atoms with E-state index in [1.807, 2.05) is 13.1 Å². The maximum absolute atomic E-state index is 5.90. The fourth-order valence-corrected chi connectivity index (χ4v) is 2.75. The van der Waals surface area contributed by atoms with Crippen LogP contribution in [0.3, 0.4) is 0 Å². The first-order valence-corrected chi connectivity index (χ1v) is 7.33. The molecule has 0 saturated carbocycles. The third kappa shape index (κ3) is 2.42. The van der Waals surface area contributed by atoms with Crippen LogP contribution in [0.15, 0.2) is 16.6 Å². The van der Waals surface area contributed by atoms with Gasteiger partial charge < -0.3 is 10.5 Å². The number of nitrogens with zero attached hydrogens (tertiary/aromatic N) is 2. The first-order valence-electron chi connectivity index (χ1n) is 6.53. The SMILES string of the molecule is COc1c(C(C)C)cc(Br)c(C)c1-c1cc(N)n(C)n1. The second-order valence-corrected chi connectivity index (χ2v) is 6.07. The number of rotatable bonds is 3. The molecule has 0 aliphatic carbocycles. The van der Waals surface area contributed by atoms with Crippen molar-refractivity contribution in [1.29, 1.82) is 0 Å². The van der Waals surface area contributed by atoms with Crippen molar-refractivity contribution >= 4 is 21.7 Å². The van der Waals surface area contributed by atoms with Crippen LogP contribution < -0.4 is 10.5 Å². The van der Waals surface area contributed by atoms with Crippen LogP contribution in [0.1, 0.15) is 30.9 Å². The fourth-order valence-electron chi connectivity index (χ4n) is 2.31. The highest BCUT2D eigenvalue weighted by Gasteiger charge is 2.20. The molecule has 0 bridgehead atoms. The zero-order valence-corrected chi connectivity index (χ0v) is 14.1. The molecule has 4 nitrogen and oxygen atoms in total. The molecule has 0 aliphatic rings. The number of hydrogen-bond donors (Lipinski definition) is 1. The molecule has 20 heavy (non-hydrogen) atoms. The zero-order chi connectivity index (χ0) is 15.0. The van der Waals surface area contributed by atoms with Crippen molar-refractivity contribution in [3.8, 4) is 17.0 Å². The molecule has 2 rings (SSSR count). The summed E-state index contributed by atoms with van der Waals surface area (Å²) in [6.07, 6.45) is 0. The number of nitrogens with two attached hydrogens (primary N) is 1. The summed E-state index contributed by atoms with van der Waals surface area (Å²) in [4.78, 5) is 0. The van der Waals surface area contributed by atoms with Gasteiger partial charge in [-0.25, -0.2) is 0 Å². The fraction of sp³-hybridized carbons (Fsp3) is 0.400. The van der Waals surface area contributed by atoms with Gasteiger partial charge in [-0.3, -0.25) is 4.68 Å². The Balaban J connectivity index is 2.79. The summed E-state index contributed by atoms with van der Waals surface area (Å²) in [6.45, 7) is 6.35. The van der Waals surface area contributed by atoms with Crippen LogP contribution in [0.25, 0.3) is 11.3 Å². The lowest BCUT2D eigenvalue weighted by Crippen LogP contribution is -2.01. The number of ether oxygens (including phenoxy) is 1. The molecule has 0 amide bonds. The van der Waals surface area contributed by atoms with Gasteiger partial charge in [-0.1, -0.05) is 29.8 Å². The van der Waals surface area contributed by atoms with Crippen LogP contribution in [0, 0.1) is 6.92 Å². The Morgan fingerprint density at radius 2 is 2.00 bits per heavy atom. The average molecular weight is 338 g/mol. The monoisotopic (exact) mass is 337 g/mol. The second kappa shape index (κ2) is 5.48. The highest BCUT2D eigenvalue weighted by atomic mass is 79.9. The third-order valence-corrected chi connectivity index (χ3v) is 4.33. The van der Waals surface area contributed by atoms with E-state index in [9.17, 15) is 0 Å². The summed E-state index contributed by atoms with van der Waals surface area (Å²) in [5.74, 6) is 1.87. The number of hydrogen-bond acceptors (Lipinski definition) is 3. The molecule has 0 saturated heterocycles. The smallest absolute Gasteiger partial charge is 0.132 e. The summed E-state index contributed by atoms with van der Waals surface area (Å²) in [7, 11) is 3.53. The molecule has 0 aliphatic heterocycles. The lowest BCUT2D eigenvalue weighted by molar-refractivity contribution is 0.408. The Kier molecular flexibility index (Phi) is 4.09. The molecule has 1 aromatic heterocycles. The van der Waals surface area contributed by atoms with E-state index in [4.69, 9.17) is 10.5 Å². The summed E-state index contributed by atoms with van der Waals surface area (Å²) in [6, 6.07) is 4.00. The number of halogens is 1. The zero-order valence-electron chi connectivity index (χ0n) is 12.5. The summed E-state index contributed by atoms with van der Waals surface area (Å²) >= 11 is 3.63. The van der Waals surface area contributed by atoms with Gasteiger partial charge >= 0.3 is 0 Å². The van der Waals surface area contributed by atoms with E-state index in [0.29, 0.717) is 11.7 Å². The van der Waals surface area contributed by atoms with Crippen LogP contribution in [0.5, 0.6) is 5.75 Å². The lowest BCUT2D eigenvalue weighted by Gasteiger charge is -2.18. The number of aromatic nitrogens is 2. The minimum absolute atomic E-state index is 0.363. The van der Waals surface area contributed by atoms with Crippen LogP contribution >= 0.6 is 15.9 Å². The predicted octanol–water partition coefficient (Wildman–Crippen LogP) is 3.87. The standard InChI is InChI=1S/C15H20BrN3O/c1-8(2)10-6-11(16)9(3)14(15(10)20-5)12-7-13(17)19(4)18-12/h6-8H,17H2,1-5H3. The molecule has 1 aromatic carbocycles. The van der Waals surface area contributed by atoms with Crippen molar-refractivity contribution in [2.45, 2.75) is 26.7 Å². The van der Waals surface area contributed by atoms with Gasteiger partial charge in [0, 0.05) is 23.2 Å². The van der Waals surface area contributed by atoms with Crippen molar-refractivity contribution in [1.82, 2.24) is 9.78 Å². The minimum Gasteiger partial charge on any atom is -0.496 e. The van der Waals surface area contributed by atoms with Gasteiger partial charge in [-0.2, -0.15) is 5.10 Å². The first-order chi connectivity index (χ1) is 9.36. The molecule has 2 aromatic rings. The number of methoxy groups -OCH3 is 1. The molecule has 108 valence electrons. The van der Waals surface area contributed by atoms with Gasteiger partial charge in [0.1, 0.15) is 11.6 Å². The average Bonchev–Trinajstić information content (AvgIpc) is 2.71. The Labute approximate surface area is 128 Å². The van der Waals surface area contributed by atoms with E-state index in [2.05, 4.69) is 47.9 Å². The molecular formula is C15H20BrN3O. The largest absolute Gasteiger partial charge is 0.496 e. The molecule has 1 heterocycles. The quantitative estimate of drug-likeness (QED) is 0.924. The van der Waals surface area contributed by atoms with Gasteiger partial charge in [0.15, 0.2) is 0 Å². The number of benzene rings is 1. The van der Waals surface area contributed by atoms with E-state index in [1.54, 1.807) is 11.8 Å². The van der Waals surface area contributed by atoms with Crippen molar-refractivity contribution in [3.05, 3.63) is 27.7 Å².